The Morgan fingerprint density at radius 3 is 2.88 bits per heavy atom. The monoisotopic (exact) mass is 443 g/mol. The number of nitrogens with zero attached hydrogens (tertiary/aromatic N) is 2. The van der Waals surface area contributed by atoms with Crippen LogP contribution in [0.1, 0.15) is 46.4 Å². The first-order valence-corrected chi connectivity index (χ1v) is 11.1. The maximum absolute atomic E-state index is 12.5. The number of amides is 2. The van der Waals surface area contributed by atoms with Gasteiger partial charge in [-0.1, -0.05) is 18.2 Å². The van der Waals surface area contributed by atoms with Crippen LogP contribution < -0.4 is 14.8 Å². The van der Waals surface area contributed by atoms with Gasteiger partial charge in [0, 0.05) is 26.2 Å². The van der Waals surface area contributed by atoms with E-state index < -0.39 is 0 Å². The average molecular weight is 444 g/mol. The van der Waals surface area contributed by atoms with Crippen molar-refractivity contribution in [2.75, 3.05) is 19.7 Å². The zero-order chi connectivity index (χ0) is 22.8. The van der Waals surface area contributed by atoms with Gasteiger partial charge in [0.1, 0.15) is 17.2 Å². The molecular weight excluding hydrogens is 418 g/mol. The molecule has 0 aliphatic carbocycles. The summed E-state index contributed by atoms with van der Waals surface area (Å²) in [5.41, 5.74) is 3.65. The van der Waals surface area contributed by atoms with Gasteiger partial charge in [0.15, 0.2) is 0 Å². The van der Waals surface area contributed by atoms with Gasteiger partial charge in [0.05, 0.1) is 24.4 Å². The van der Waals surface area contributed by atoms with E-state index in [1.807, 2.05) is 47.4 Å². The van der Waals surface area contributed by atoms with Crippen LogP contribution in [0.4, 0.5) is 0 Å². The van der Waals surface area contributed by atoms with Gasteiger partial charge in [-0.3, -0.25) is 14.6 Å². The number of fused-ring (bicyclic) bond motifs is 6. The van der Waals surface area contributed by atoms with Crippen LogP contribution in [-0.4, -0.2) is 41.4 Å². The lowest BCUT2D eigenvalue weighted by Gasteiger charge is -2.37. The summed E-state index contributed by atoms with van der Waals surface area (Å²) in [5.74, 6) is 1.75. The van der Waals surface area contributed by atoms with Crippen molar-refractivity contribution < 1.29 is 19.1 Å². The number of carbonyl (C=O) groups excluding carboxylic acids is 2. The molecule has 1 unspecified atom stereocenters. The Balaban J connectivity index is 1.58. The Kier molecular flexibility index (Phi) is 5.69. The molecule has 6 rings (SSSR count). The normalized spacial score (nSPS) is 17.8. The lowest BCUT2D eigenvalue weighted by Crippen LogP contribution is -2.39. The van der Waals surface area contributed by atoms with E-state index in [4.69, 9.17) is 9.47 Å². The Bertz CT molecular complexity index is 1210. The molecule has 3 aliphatic heterocycles. The molecule has 7 nitrogen and oxygen atoms in total. The number of ether oxygens (including phenoxy) is 2. The van der Waals surface area contributed by atoms with Crippen LogP contribution in [0.2, 0.25) is 0 Å². The summed E-state index contributed by atoms with van der Waals surface area (Å²) in [4.78, 5) is 31.0. The van der Waals surface area contributed by atoms with Gasteiger partial charge in [-0.2, -0.15) is 0 Å². The van der Waals surface area contributed by atoms with Crippen LogP contribution in [0, 0.1) is 0 Å². The van der Waals surface area contributed by atoms with Crippen LogP contribution in [0.5, 0.6) is 17.2 Å². The second-order valence-corrected chi connectivity index (χ2v) is 8.27. The third-order valence-corrected chi connectivity index (χ3v) is 6.01. The summed E-state index contributed by atoms with van der Waals surface area (Å²) in [6, 6.07) is 15.3. The summed E-state index contributed by atoms with van der Waals surface area (Å²) >= 11 is 0. The standard InChI is InChI=1S/C26H25N3O4/c1-17(30)29-10-8-18-12-22-6-7-24(18)25(29)19-4-2-5-21(13-19)32-11-3-9-28-26(31)20-14-23(33-22)16-27-15-20/h2,4-7,12-16,25H,3,8-11H2,1H3,(H,28,31). The van der Waals surface area contributed by atoms with Gasteiger partial charge in [-0.25, -0.2) is 0 Å². The highest BCUT2D eigenvalue weighted by Crippen LogP contribution is 2.38. The van der Waals surface area contributed by atoms with Gasteiger partial charge >= 0.3 is 0 Å². The van der Waals surface area contributed by atoms with Crippen molar-refractivity contribution in [2.24, 2.45) is 0 Å². The van der Waals surface area contributed by atoms with Crippen molar-refractivity contribution in [3.05, 3.63) is 83.2 Å². The summed E-state index contributed by atoms with van der Waals surface area (Å²) in [5, 5.41) is 2.89. The smallest absolute Gasteiger partial charge is 0.252 e. The topological polar surface area (TPSA) is 80.8 Å². The number of hydrogen-bond donors (Lipinski definition) is 1. The third kappa shape index (κ3) is 4.39. The minimum absolute atomic E-state index is 0.0399. The fraction of sp³-hybridized carbons (Fsp3) is 0.269. The van der Waals surface area contributed by atoms with Crippen molar-refractivity contribution in [1.29, 1.82) is 0 Å². The Labute approximate surface area is 192 Å². The number of nitrogens with one attached hydrogen (secondary N) is 1. The summed E-state index contributed by atoms with van der Waals surface area (Å²) in [6.07, 6.45) is 4.51. The number of benzene rings is 2. The van der Waals surface area contributed by atoms with Gasteiger partial charge in [0.2, 0.25) is 5.91 Å². The first-order chi connectivity index (χ1) is 16.1. The van der Waals surface area contributed by atoms with Crippen molar-refractivity contribution >= 4 is 11.8 Å². The molecule has 0 radical (unpaired) electrons. The number of carbonyl (C=O) groups is 2. The zero-order valence-electron chi connectivity index (χ0n) is 18.4. The van der Waals surface area contributed by atoms with Crippen molar-refractivity contribution in [1.82, 2.24) is 15.2 Å². The minimum Gasteiger partial charge on any atom is -0.494 e. The van der Waals surface area contributed by atoms with E-state index in [2.05, 4.69) is 10.3 Å². The van der Waals surface area contributed by atoms with E-state index in [-0.39, 0.29) is 17.9 Å². The Morgan fingerprint density at radius 2 is 2.00 bits per heavy atom. The molecule has 0 saturated heterocycles. The highest BCUT2D eigenvalue weighted by molar-refractivity contribution is 5.94. The zero-order valence-corrected chi connectivity index (χ0v) is 18.4. The Hall–Kier alpha value is -3.87. The van der Waals surface area contributed by atoms with Crippen molar-refractivity contribution in [2.45, 2.75) is 25.8 Å². The molecule has 1 N–H and O–H groups in total. The summed E-state index contributed by atoms with van der Waals surface area (Å²) in [7, 11) is 0. The van der Waals surface area contributed by atoms with Crippen LogP contribution in [0.3, 0.4) is 0 Å². The van der Waals surface area contributed by atoms with Crippen molar-refractivity contribution in [3.63, 3.8) is 0 Å². The first-order valence-electron chi connectivity index (χ1n) is 11.1. The van der Waals surface area contributed by atoms with Crippen LogP contribution in [0.25, 0.3) is 0 Å². The number of aromatic nitrogens is 1. The number of pyridine rings is 1. The molecule has 33 heavy (non-hydrogen) atoms. The second kappa shape index (κ2) is 8.94. The summed E-state index contributed by atoms with van der Waals surface area (Å²) in [6.45, 7) is 3.18. The molecule has 3 aliphatic rings. The molecule has 0 fully saturated rings. The molecule has 2 amide bonds. The average Bonchev–Trinajstić information content (AvgIpc) is 2.82. The maximum atomic E-state index is 12.5. The maximum Gasteiger partial charge on any atom is 0.252 e. The SMILES string of the molecule is CC(=O)N1CCc2cc3ccc2C1c1cccc(c1)OCCCNC(=O)c1cncc(c1)O3. The molecular formula is C26H25N3O4. The van der Waals surface area contributed by atoms with Gasteiger partial charge in [-0.15, -0.1) is 0 Å². The fourth-order valence-corrected chi connectivity index (χ4v) is 4.44. The Morgan fingerprint density at radius 1 is 1.09 bits per heavy atom. The van der Waals surface area contributed by atoms with Gasteiger partial charge in [0.25, 0.3) is 5.91 Å². The molecule has 1 aromatic heterocycles. The minimum atomic E-state index is -0.200. The second-order valence-electron chi connectivity index (χ2n) is 8.27. The van der Waals surface area contributed by atoms with Gasteiger partial charge < -0.3 is 19.7 Å². The molecule has 0 spiro atoms. The quantitative estimate of drug-likeness (QED) is 0.570. The molecule has 1 atom stereocenters. The largest absolute Gasteiger partial charge is 0.494 e. The van der Waals surface area contributed by atoms with E-state index in [9.17, 15) is 9.59 Å². The van der Waals surface area contributed by atoms with Crippen LogP contribution >= 0.6 is 0 Å². The van der Waals surface area contributed by atoms with E-state index in [0.717, 1.165) is 28.9 Å². The highest BCUT2D eigenvalue weighted by atomic mass is 16.5. The van der Waals surface area contributed by atoms with Crippen LogP contribution in [0.15, 0.2) is 60.9 Å². The predicted octanol–water partition coefficient (Wildman–Crippen LogP) is 3.88. The summed E-state index contributed by atoms with van der Waals surface area (Å²) < 4.78 is 12.0. The molecule has 4 heterocycles. The molecule has 8 bridgehead atoms. The van der Waals surface area contributed by atoms with E-state index >= 15 is 0 Å². The lowest BCUT2D eigenvalue weighted by atomic mass is 9.88. The third-order valence-electron chi connectivity index (χ3n) is 6.01. The fourth-order valence-electron chi connectivity index (χ4n) is 4.44. The predicted molar refractivity (Wildman–Crippen MR) is 123 cm³/mol. The van der Waals surface area contributed by atoms with E-state index in [0.29, 0.717) is 43.2 Å². The van der Waals surface area contributed by atoms with Crippen LogP contribution in [-0.2, 0) is 11.2 Å². The number of rotatable bonds is 0. The van der Waals surface area contributed by atoms with E-state index in [1.165, 1.54) is 6.20 Å². The molecule has 7 heteroatoms. The molecule has 2 aromatic carbocycles. The first kappa shape index (κ1) is 21.0. The van der Waals surface area contributed by atoms with Crippen molar-refractivity contribution in [3.8, 4) is 17.2 Å². The molecule has 168 valence electrons. The highest BCUT2D eigenvalue weighted by Gasteiger charge is 2.31. The lowest BCUT2D eigenvalue weighted by molar-refractivity contribution is -0.130. The van der Waals surface area contributed by atoms with E-state index in [1.54, 1.807) is 19.2 Å². The number of hydrogen-bond acceptors (Lipinski definition) is 5. The molecule has 3 aromatic rings. The molecule has 0 saturated carbocycles. The van der Waals surface area contributed by atoms with Gasteiger partial charge in [-0.05, 0) is 59.9 Å².